The number of esters is 1. The minimum absolute atomic E-state index is 0.123. The highest BCUT2D eigenvalue weighted by atomic mass is 16.5. The SMILES string of the molecule is CCCOC(=O)c1c(N)cc(OC)c(C(C)C)c1OC. The van der Waals surface area contributed by atoms with Crippen molar-refractivity contribution in [2.24, 2.45) is 0 Å². The Balaban J connectivity index is 3.43. The summed E-state index contributed by atoms with van der Waals surface area (Å²) in [5.41, 5.74) is 7.33. The molecule has 0 aliphatic carbocycles. The average Bonchev–Trinajstić information content (AvgIpc) is 2.42. The third-order valence-corrected chi connectivity index (χ3v) is 2.96. The van der Waals surface area contributed by atoms with Gasteiger partial charge in [-0.15, -0.1) is 0 Å². The molecule has 112 valence electrons. The van der Waals surface area contributed by atoms with Gasteiger partial charge in [0, 0.05) is 11.6 Å². The third-order valence-electron chi connectivity index (χ3n) is 2.96. The Hall–Kier alpha value is -1.91. The quantitative estimate of drug-likeness (QED) is 0.641. The fourth-order valence-corrected chi connectivity index (χ4v) is 2.07. The van der Waals surface area contributed by atoms with Crippen LogP contribution in [0.5, 0.6) is 11.5 Å². The first-order valence-corrected chi connectivity index (χ1v) is 6.69. The molecule has 0 aromatic heterocycles. The second-order valence-corrected chi connectivity index (χ2v) is 4.78. The van der Waals surface area contributed by atoms with Crippen molar-refractivity contribution in [3.05, 3.63) is 17.2 Å². The van der Waals surface area contributed by atoms with Gasteiger partial charge in [-0.3, -0.25) is 0 Å². The van der Waals surface area contributed by atoms with Gasteiger partial charge in [-0.05, 0) is 12.3 Å². The molecule has 0 aliphatic rings. The Morgan fingerprint density at radius 2 is 1.95 bits per heavy atom. The van der Waals surface area contributed by atoms with Crippen molar-refractivity contribution in [1.29, 1.82) is 0 Å². The maximum atomic E-state index is 12.2. The van der Waals surface area contributed by atoms with E-state index in [2.05, 4.69) is 0 Å². The molecule has 0 radical (unpaired) electrons. The van der Waals surface area contributed by atoms with E-state index < -0.39 is 5.97 Å². The molecule has 1 aromatic carbocycles. The summed E-state index contributed by atoms with van der Waals surface area (Å²) in [5.74, 6) is 0.698. The average molecular weight is 281 g/mol. The molecule has 0 saturated heterocycles. The first kappa shape index (κ1) is 16.1. The van der Waals surface area contributed by atoms with E-state index in [0.29, 0.717) is 23.8 Å². The van der Waals surface area contributed by atoms with Gasteiger partial charge in [-0.2, -0.15) is 0 Å². The highest BCUT2D eigenvalue weighted by molar-refractivity contribution is 5.99. The van der Waals surface area contributed by atoms with Crippen LogP contribution in [0.3, 0.4) is 0 Å². The van der Waals surface area contributed by atoms with Crippen LogP contribution >= 0.6 is 0 Å². The van der Waals surface area contributed by atoms with Gasteiger partial charge >= 0.3 is 5.97 Å². The van der Waals surface area contributed by atoms with Crippen molar-refractivity contribution in [1.82, 2.24) is 0 Å². The molecule has 1 rings (SSSR count). The van der Waals surface area contributed by atoms with E-state index in [1.165, 1.54) is 7.11 Å². The van der Waals surface area contributed by atoms with Gasteiger partial charge in [-0.25, -0.2) is 4.79 Å². The number of rotatable bonds is 6. The first-order chi connectivity index (χ1) is 9.47. The lowest BCUT2D eigenvalue weighted by atomic mass is 9.96. The largest absolute Gasteiger partial charge is 0.496 e. The second-order valence-electron chi connectivity index (χ2n) is 4.78. The fourth-order valence-electron chi connectivity index (χ4n) is 2.07. The van der Waals surface area contributed by atoms with Crippen LogP contribution in [0.1, 0.15) is 49.0 Å². The Morgan fingerprint density at radius 3 is 2.40 bits per heavy atom. The molecule has 0 unspecified atom stereocenters. The molecule has 0 atom stereocenters. The lowest BCUT2D eigenvalue weighted by Crippen LogP contribution is -2.13. The summed E-state index contributed by atoms with van der Waals surface area (Å²) in [4.78, 5) is 12.2. The van der Waals surface area contributed by atoms with E-state index in [-0.39, 0.29) is 11.5 Å². The number of carbonyl (C=O) groups excluding carboxylic acids is 1. The zero-order valence-electron chi connectivity index (χ0n) is 12.8. The zero-order valence-corrected chi connectivity index (χ0v) is 12.8. The van der Waals surface area contributed by atoms with Crippen LogP contribution in [0.2, 0.25) is 0 Å². The predicted octanol–water partition coefficient (Wildman–Crippen LogP) is 2.98. The lowest BCUT2D eigenvalue weighted by molar-refractivity contribution is 0.0502. The van der Waals surface area contributed by atoms with E-state index in [1.807, 2.05) is 20.8 Å². The number of nitrogens with two attached hydrogens (primary N) is 1. The van der Waals surface area contributed by atoms with Gasteiger partial charge in [0.05, 0.1) is 26.5 Å². The van der Waals surface area contributed by atoms with Crippen LogP contribution in [-0.2, 0) is 4.74 Å². The number of ether oxygens (including phenoxy) is 3. The van der Waals surface area contributed by atoms with Crippen LogP contribution in [0.15, 0.2) is 6.07 Å². The molecule has 0 aliphatic heterocycles. The van der Waals surface area contributed by atoms with Gasteiger partial charge in [0.25, 0.3) is 0 Å². The van der Waals surface area contributed by atoms with Crippen molar-refractivity contribution < 1.29 is 19.0 Å². The molecule has 2 N–H and O–H groups in total. The first-order valence-electron chi connectivity index (χ1n) is 6.69. The third kappa shape index (κ3) is 3.15. The molecule has 5 nitrogen and oxygen atoms in total. The van der Waals surface area contributed by atoms with Crippen LogP contribution < -0.4 is 15.2 Å². The highest BCUT2D eigenvalue weighted by Crippen LogP contribution is 2.41. The smallest absolute Gasteiger partial charge is 0.344 e. The monoisotopic (exact) mass is 281 g/mol. The highest BCUT2D eigenvalue weighted by Gasteiger charge is 2.25. The van der Waals surface area contributed by atoms with Crippen LogP contribution in [-0.4, -0.2) is 26.8 Å². The summed E-state index contributed by atoms with van der Waals surface area (Å²) in [6, 6.07) is 1.64. The molecule has 0 spiro atoms. The summed E-state index contributed by atoms with van der Waals surface area (Å²) >= 11 is 0. The Bertz CT molecular complexity index is 483. The molecule has 0 amide bonds. The molecular weight excluding hydrogens is 258 g/mol. The molecule has 0 saturated carbocycles. The standard InChI is InChI=1S/C15H23NO4/c1-6-7-20-15(17)13-10(16)8-11(18-4)12(9(2)3)14(13)19-5/h8-9H,6-7,16H2,1-5H3. The lowest BCUT2D eigenvalue weighted by Gasteiger charge is -2.20. The van der Waals surface area contributed by atoms with E-state index >= 15 is 0 Å². The van der Waals surface area contributed by atoms with Crippen molar-refractivity contribution in [3.8, 4) is 11.5 Å². The maximum absolute atomic E-state index is 12.2. The summed E-state index contributed by atoms with van der Waals surface area (Å²) in [6.45, 7) is 6.28. The van der Waals surface area contributed by atoms with Gasteiger partial charge < -0.3 is 19.9 Å². The van der Waals surface area contributed by atoms with Gasteiger partial charge in [0.2, 0.25) is 0 Å². The molecule has 0 fully saturated rings. The number of nitrogen functional groups attached to an aromatic ring is 1. The molecule has 0 heterocycles. The van der Waals surface area contributed by atoms with E-state index in [0.717, 1.165) is 12.0 Å². The van der Waals surface area contributed by atoms with E-state index in [4.69, 9.17) is 19.9 Å². The van der Waals surface area contributed by atoms with Gasteiger partial charge in [-0.1, -0.05) is 20.8 Å². The van der Waals surface area contributed by atoms with E-state index in [9.17, 15) is 4.79 Å². The predicted molar refractivity (Wildman–Crippen MR) is 78.6 cm³/mol. The number of benzene rings is 1. The molecule has 20 heavy (non-hydrogen) atoms. The van der Waals surface area contributed by atoms with Crippen molar-refractivity contribution >= 4 is 11.7 Å². The topological polar surface area (TPSA) is 70.8 Å². The molecule has 0 bridgehead atoms. The van der Waals surface area contributed by atoms with Crippen LogP contribution in [0.4, 0.5) is 5.69 Å². The molecule has 1 aromatic rings. The summed E-state index contributed by atoms with van der Waals surface area (Å²) in [5, 5.41) is 0. The van der Waals surface area contributed by atoms with Crippen LogP contribution in [0.25, 0.3) is 0 Å². The van der Waals surface area contributed by atoms with Gasteiger partial charge in [0.1, 0.15) is 17.1 Å². The van der Waals surface area contributed by atoms with Crippen molar-refractivity contribution in [2.45, 2.75) is 33.1 Å². The zero-order chi connectivity index (χ0) is 15.3. The minimum Gasteiger partial charge on any atom is -0.496 e. The Kier molecular flexibility index (Phi) is 5.67. The second kappa shape index (κ2) is 7.03. The van der Waals surface area contributed by atoms with Crippen molar-refractivity contribution in [2.75, 3.05) is 26.6 Å². The molecular formula is C15H23NO4. The number of hydrogen-bond donors (Lipinski definition) is 1. The summed E-state index contributed by atoms with van der Waals surface area (Å²) in [6.07, 6.45) is 0.751. The van der Waals surface area contributed by atoms with E-state index in [1.54, 1.807) is 13.2 Å². The maximum Gasteiger partial charge on any atom is 0.344 e. The number of anilines is 1. The molecule has 5 heteroatoms. The number of methoxy groups -OCH3 is 2. The minimum atomic E-state index is -0.467. The van der Waals surface area contributed by atoms with Crippen molar-refractivity contribution in [3.63, 3.8) is 0 Å². The summed E-state index contributed by atoms with van der Waals surface area (Å²) < 4.78 is 15.9. The number of carbonyl (C=O) groups is 1. The number of hydrogen-bond acceptors (Lipinski definition) is 5. The van der Waals surface area contributed by atoms with Gasteiger partial charge in [0.15, 0.2) is 0 Å². The summed E-state index contributed by atoms with van der Waals surface area (Å²) in [7, 11) is 3.08. The van der Waals surface area contributed by atoms with Crippen LogP contribution in [0, 0.1) is 0 Å². The normalized spacial score (nSPS) is 10.5. The fraction of sp³-hybridized carbons (Fsp3) is 0.533. The Labute approximate surface area is 120 Å². The Morgan fingerprint density at radius 1 is 1.30 bits per heavy atom.